The van der Waals surface area contributed by atoms with Crippen molar-refractivity contribution in [1.82, 2.24) is 0 Å². The van der Waals surface area contributed by atoms with E-state index >= 15 is 0 Å². The molecule has 0 amide bonds. The SMILES string of the molecule is C#C[C@@H](C)[C@H](O)[C@H](C)CO. The highest BCUT2D eigenvalue weighted by atomic mass is 16.3. The summed E-state index contributed by atoms with van der Waals surface area (Å²) in [5, 5.41) is 17.9. The zero-order valence-corrected chi connectivity index (χ0v) is 6.41. The second-order valence-corrected chi connectivity index (χ2v) is 2.61. The molecule has 0 aliphatic carbocycles. The molecule has 0 saturated heterocycles. The fourth-order valence-corrected chi connectivity index (χ4v) is 0.699. The Morgan fingerprint density at radius 1 is 1.50 bits per heavy atom. The minimum Gasteiger partial charge on any atom is -0.396 e. The molecule has 2 heteroatoms. The van der Waals surface area contributed by atoms with Crippen molar-refractivity contribution in [2.75, 3.05) is 6.61 Å². The number of rotatable bonds is 3. The van der Waals surface area contributed by atoms with Crippen molar-refractivity contribution < 1.29 is 10.2 Å². The zero-order chi connectivity index (χ0) is 8.15. The largest absolute Gasteiger partial charge is 0.396 e. The van der Waals surface area contributed by atoms with E-state index in [9.17, 15) is 5.11 Å². The predicted molar refractivity (Wildman–Crippen MR) is 40.3 cm³/mol. The van der Waals surface area contributed by atoms with Crippen LogP contribution in [0.1, 0.15) is 13.8 Å². The molecule has 0 heterocycles. The zero-order valence-electron chi connectivity index (χ0n) is 6.41. The Hall–Kier alpha value is -0.520. The van der Waals surface area contributed by atoms with Crippen molar-refractivity contribution in [3.63, 3.8) is 0 Å². The average molecular weight is 142 g/mol. The first-order valence-corrected chi connectivity index (χ1v) is 3.38. The lowest BCUT2D eigenvalue weighted by Crippen LogP contribution is -2.26. The normalized spacial score (nSPS) is 19.1. The summed E-state index contributed by atoms with van der Waals surface area (Å²) in [6.45, 7) is 3.50. The molecular weight excluding hydrogens is 128 g/mol. The van der Waals surface area contributed by atoms with Gasteiger partial charge in [0.25, 0.3) is 0 Å². The average Bonchev–Trinajstić information content (AvgIpc) is 2.00. The molecule has 0 aliphatic rings. The van der Waals surface area contributed by atoms with Crippen LogP contribution in [0.25, 0.3) is 0 Å². The fraction of sp³-hybridized carbons (Fsp3) is 0.750. The predicted octanol–water partition coefficient (Wildman–Crippen LogP) is 0.245. The van der Waals surface area contributed by atoms with Gasteiger partial charge >= 0.3 is 0 Å². The van der Waals surface area contributed by atoms with Crippen molar-refractivity contribution in [2.24, 2.45) is 11.8 Å². The molecule has 0 saturated carbocycles. The fourth-order valence-electron chi connectivity index (χ4n) is 0.699. The number of aliphatic hydroxyl groups excluding tert-OH is 2. The second kappa shape index (κ2) is 4.32. The van der Waals surface area contributed by atoms with E-state index in [2.05, 4.69) is 5.92 Å². The van der Waals surface area contributed by atoms with Crippen molar-refractivity contribution in [1.29, 1.82) is 0 Å². The van der Waals surface area contributed by atoms with Gasteiger partial charge in [-0.25, -0.2) is 0 Å². The van der Waals surface area contributed by atoms with Gasteiger partial charge in [0.15, 0.2) is 0 Å². The molecule has 0 aliphatic heterocycles. The van der Waals surface area contributed by atoms with Crippen LogP contribution >= 0.6 is 0 Å². The first kappa shape index (κ1) is 9.48. The van der Waals surface area contributed by atoms with Gasteiger partial charge < -0.3 is 10.2 Å². The van der Waals surface area contributed by atoms with Gasteiger partial charge in [-0.1, -0.05) is 6.92 Å². The molecule has 0 spiro atoms. The number of aliphatic hydroxyl groups is 2. The molecule has 0 aromatic rings. The Kier molecular flexibility index (Phi) is 4.10. The van der Waals surface area contributed by atoms with Gasteiger partial charge in [0, 0.05) is 18.4 Å². The summed E-state index contributed by atoms with van der Waals surface area (Å²) < 4.78 is 0. The molecule has 0 rings (SSSR count). The van der Waals surface area contributed by atoms with Gasteiger partial charge in [-0.2, -0.15) is 0 Å². The van der Waals surface area contributed by atoms with E-state index in [1.807, 2.05) is 0 Å². The Morgan fingerprint density at radius 2 is 2.00 bits per heavy atom. The maximum absolute atomic E-state index is 9.28. The van der Waals surface area contributed by atoms with E-state index in [1.165, 1.54) is 0 Å². The van der Waals surface area contributed by atoms with E-state index in [4.69, 9.17) is 11.5 Å². The van der Waals surface area contributed by atoms with Gasteiger partial charge in [0.1, 0.15) is 0 Å². The second-order valence-electron chi connectivity index (χ2n) is 2.61. The summed E-state index contributed by atoms with van der Waals surface area (Å²) in [7, 11) is 0. The van der Waals surface area contributed by atoms with Crippen LogP contribution in [0.2, 0.25) is 0 Å². The minimum absolute atomic E-state index is 0.0206. The number of hydrogen-bond acceptors (Lipinski definition) is 2. The Balaban J connectivity index is 3.84. The first-order chi connectivity index (χ1) is 4.63. The van der Waals surface area contributed by atoms with E-state index in [-0.39, 0.29) is 18.4 Å². The van der Waals surface area contributed by atoms with Crippen molar-refractivity contribution in [2.45, 2.75) is 20.0 Å². The highest BCUT2D eigenvalue weighted by molar-refractivity contribution is 4.95. The van der Waals surface area contributed by atoms with E-state index < -0.39 is 6.10 Å². The quantitative estimate of drug-likeness (QED) is 0.554. The lowest BCUT2D eigenvalue weighted by molar-refractivity contribution is 0.0540. The molecule has 3 atom stereocenters. The third-order valence-corrected chi connectivity index (χ3v) is 1.65. The summed E-state index contributed by atoms with van der Waals surface area (Å²) >= 11 is 0. The lowest BCUT2D eigenvalue weighted by Gasteiger charge is -2.18. The van der Waals surface area contributed by atoms with E-state index in [1.54, 1.807) is 13.8 Å². The summed E-state index contributed by atoms with van der Waals surface area (Å²) in [6, 6.07) is 0. The highest BCUT2D eigenvalue weighted by Gasteiger charge is 2.17. The highest BCUT2D eigenvalue weighted by Crippen LogP contribution is 2.10. The number of hydrogen-bond donors (Lipinski definition) is 2. The lowest BCUT2D eigenvalue weighted by atomic mass is 9.95. The smallest absolute Gasteiger partial charge is 0.0722 e. The Labute approximate surface area is 61.9 Å². The van der Waals surface area contributed by atoms with Crippen LogP contribution in [-0.4, -0.2) is 22.9 Å². The molecule has 2 N–H and O–H groups in total. The molecule has 2 nitrogen and oxygen atoms in total. The van der Waals surface area contributed by atoms with Gasteiger partial charge in [0.2, 0.25) is 0 Å². The molecule has 0 bridgehead atoms. The third kappa shape index (κ3) is 2.38. The molecule has 0 radical (unpaired) electrons. The maximum Gasteiger partial charge on any atom is 0.0722 e. The van der Waals surface area contributed by atoms with Gasteiger partial charge in [-0.15, -0.1) is 12.3 Å². The van der Waals surface area contributed by atoms with Crippen LogP contribution < -0.4 is 0 Å². The Bertz CT molecular complexity index is 126. The van der Waals surface area contributed by atoms with Gasteiger partial charge in [-0.05, 0) is 6.92 Å². The molecule has 0 fully saturated rings. The van der Waals surface area contributed by atoms with Gasteiger partial charge in [-0.3, -0.25) is 0 Å². The Morgan fingerprint density at radius 3 is 2.30 bits per heavy atom. The molecule has 0 aromatic heterocycles. The monoisotopic (exact) mass is 142 g/mol. The summed E-state index contributed by atoms with van der Waals surface area (Å²) in [6.07, 6.45) is 4.49. The van der Waals surface area contributed by atoms with Crippen LogP contribution in [0.4, 0.5) is 0 Å². The van der Waals surface area contributed by atoms with E-state index in [0.29, 0.717) is 0 Å². The van der Waals surface area contributed by atoms with Crippen LogP contribution in [0.3, 0.4) is 0 Å². The summed E-state index contributed by atoms with van der Waals surface area (Å²) in [5.74, 6) is 2.11. The maximum atomic E-state index is 9.28. The van der Waals surface area contributed by atoms with E-state index in [0.717, 1.165) is 0 Å². The van der Waals surface area contributed by atoms with Gasteiger partial charge in [0.05, 0.1) is 6.10 Å². The summed E-state index contributed by atoms with van der Waals surface area (Å²) in [4.78, 5) is 0. The molecule has 0 unspecified atom stereocenters. The minimum atomic E-state index is -0.588. The van der Waals surface area contributed by atoms with Crippen LogP contribution in [-0.2, 0) is 0 Å². The van der Waals surface area contributed by atoms with Crippen LogP contribution in [0.5, 0.6) is 0 Å². The van der Waals surface area contributed by atoms with Crippen LogP contribution in [0, 0.1) is 24.2 Å². The van der Waals surface area contributed by atoms with Crippen molar-refractivity contribution in [3.05, 3.63) is 0 Å². The molecule has 0 aromatic carbocycles. The summed E-state index contributed by atoms with van der Waals surface area (Å²) in [5.41, 5.74) is 0. The van der Waals surface area contributed by atoms with Crippen LogP contribution in [0.15, 0.2) is 0 Å². The number of terminal acetylenes is 1. The van der Waals surface area contributed by atoms with Crippen molar-refractivity contribution in [3.8, 4) is 12.3 Å². The molecule has 58 valence electrons. The van der Waals surface area contributed by atoms with Crippen molar-refractivity contribution >= 4 is 0 Å². The first-order valence-electron chi connectivity index (χ1n) is 3.38. The molecular formula is C8H14O2. The molecule has 10 heavy (non-hydrogen) atoms. The standard InChI is InChI=1S/C8H14O2/c1-4-6(2)8(10)7(3)5-9/h1,6-10H,5H2,2-3H3/t6-,7-,8+/m1/s1. The topological polar surface area (TPSA) is 40.5 Å². The third-order valence-electron chi connectivity index (χ3n) is 1.65.